The molecular formula is C18H17ClN2OS. The van der Waals surface area contributed by atoms with Gasteiger partial charge in [-0.15, -0.1) is 11.3 Å². The molecule has 0 aliphatic rings. The predicted octanol–water partition coefficient (Wildman–Crippen LogP) is 4.71. The molecule has 3 nitrogen and oxygen atoms in total. The van der Waals surface area contributed by atoms with Gasteiger partial charge in [-0.25, -0.2) is 4.98 Å². The molecule has 1 atom stereocenters. The zero-order valence-corrected chi connectivity index (χ0v) is 14.3. The minimum Gasteiger partial charge on any atom is -0.497 e. The third-order valence-electron chi connectivity index (χ3n) is 3.57. The number of thiazole rings is 1. The molecule has 1 heterocycles. The topological polar surface area (TPSA) is 48.1 Å². The van der Waals surface area contributed by atoms with Gasteiger partial charge in [-0.05, 0) is 36.2 Å². The molecule has 0 fully saturated rings. The van der Waals surface area contributed by atoms with Crippen LogP contribution in [0.4, 0.5) is 0 Å². The van der Waals surface area contributed by atoms with Crippen LogP contribution in [0.5, 0.6) is 5.75 Å². The molecule has 118 valence electrons. The first kappa shape index (κ1) is 16.0. The van der Waals surface area contributed by atoms with Gasteiger partial charge in [0.1, 0.15) is 10.8 Å². The van der Waals surface area contributed by atoms with E-state index < -0.39 is 0 Å². The normalized spacial score (nSPS) is 12.1. The van der Waals surface area contributed by atoms with Crippen molar-refractivity contribution < 1.29 is 4.74 Å². The van der Waals surface area contributed by atoms with Crippen LogP contribution in [0.25, 0.3) is 11.3 Å². The van der Waals surface area contributed by atoms with Gasteiger partial charge >= 0.3 is 0 Å². The number of rotatable bonds is 5. The van der Waals surface area contributed by atoms with E-state index in [0.29, 0.717) is 0 Å². The fourth-order valence-electron chi connectivity index (χ4n) is 2.33. The second kappa shape index (κ2) is 7.13. The number of nitrogens with two attached hydrogens (primary N) is 1. The summed E-state index contributed by atoms with van der Waals surface area (Å²) in [5, 5.41) is 3.70. The number of benzene rings is 2. The van der Waals surface area contributed by atoms with E-state index in [0.717, 1.165) is 39.0 Å². The fraction of sp³-hybridized carbons (Fsp3) is 0.167. The predicted molar refractivity (Wildman–Crippen MR) is 96.2 cm³/mol. The van der Waals surface area contributed by atoms with Crippen molar-refractivity contribution in [3.05, 3.63) is 69.5 Å². The second-order valence-corrected chi connectivity index (χ2v) is 6.57. The summed E-state index contributed by atoms with van der Waals surface area (Å²) >= 11 is 7.49. The highest BCUT2D eigenvalue weighted by molar-refractivity contribution is 7.10. The Morgan fingerprint density at radius 3 is 2.74 bits per heavy atom. The minimum atomic E-state index is -0.125. The summed E-state index contributed by atoms with van der Waals surface area (Å²) < 4.78 is 5.26. The molecule has 0 amide bonds. The Morgan fingerprint density at radius 2 is 2.00 bits per heavy atom. The smallest absolute Gasteiger partial charge is 0.119 e. The molecule has 1 aromatic heterocycles. The monoisotopic (exact) mass is 344 g/mol. The lowest BCUT2D eigenvalue weighted by Crippen LogP contribution is -2.13. The molecule has 23 heavy (non-hydrogen) atoms. The van der Waals surface area contributed by atoms with Gasteiger partial charge in [0.15, 0.2) is 0 Å². The Morgan fingerprint density at radius 1 is 1.22 bits per heavy atom. The lowest BCUT2D eigenvalue weighted by Gasteiger charge is -2.08. The molecular weight excluding hydrogens is 328 g/mol. The van der Waals surface area contributed by atoms with Gasteiger partial charge in [0, 0.05) is 16.0 Å². The Labute approximate surface area is 144 Å². The van der Waals surface area contributed by atoms with Gasteiger partial charge in [0.05, 0.1) is 18.8 Å². The highest BCUT2D eigenvalue weighted by Crippen LogP contribution is 2.28. The van der Waals surface area contributed by atoms with Crippen LogP contribution in [0.2, 0.25) is 5.02 Å². The molecule has 0 aliphatic heterocycles. The summed E-state index contributed by atoms with van der Waals surface area (Å²) in [6.07, 6.45) is 0.738. The quantitative estimate of drug-likeness (QED) is 0.728. The maximum absolute atomic E-state index is 6.30. The Kier molecular flexibility index (Phi) is 4.96. The highest BCUT2D eigenvalue weighted by atomic mass is 35.5. The molecule has 2 aromatic carbocycles. The van der Waals surface area contributed by atoms with Crippen LogP contribution in [-0.4, -0.2) is 12.1 Å². The molecule has 0 bridgehead atoms. The number of hydrogen-bond donors (Lipinski definition) is 1. The molecule has 0 radical (unpaired) electrons. The SMILES string of the molecule is COc1cccc(-c2csc(C(N)Cc3ccc(Cl)cc3)n2)c1. The maximum atomic E-state index is 6.30. The van der Waals surface area contributed by atoms with Crippen LogP contribution in [0.15, 0.2) is 53.9 Å². The summed E-state index contributed by atoms with van der Waals surface area (Å²) in [6, 6.07) is 15.5. The molecule has 0 saturated heterocycles. The fourth-order valence-corrected chi connectivity index (χ4v) is 3.29. The Balaban J connectivity index is 1.76. The first-order valence-corrected chi connectivity index (χ1v) is 8.51. The molecule has 5 heteroatoms. The van der Waals surface area contributed by atoms with Crippen molar-refractivity contribution in [1.29, 1.82) is 0 Å². The molecule has 0 aliphatic carbocycles. The summed E-state index contributed by atoms with van der Waals surface area (Å²) in [4.78, 5) is 4.68. The van der Waals surface area contributed by atoms with Crippen LogP contribution in [0.1, 0.15) is 16.6 Å². The van der Waals surface area contributed by atoms with Gasteiger partial charge in [-0.1, -0.05) is 35.9 Å². The zero-order valence-electron chi connectivity index (χ0n) is 12.7. The summed E-state index contributed by atoms with van der Waals surface area (Å²) in [5.74, 6) is 0.822. The Hall–Kier alpha value is -1.88. The lowest BCUT2D eigenvalue weighted by atomic mass is 10.1. The third-order valence-corrected chi connectivity index (χ3v) is 4.80. The van der Waals surface area contributed by atoms with Gasteiger partial charge < -0.3 is 10.5 Å². The molecule has 2 N–H and O–H groups in total. The summed E-state index contributed by atoms with van der Waals surface area (Å²) in [6.45, 7) is 0. The van der Waals surface area contributed by atoms with E-state index in [2.05, 4.69) is 4.98 Å². The first-order valence-electron chi connectivity index (χ1n) is 7.25. The van der Waals surface area contributed by atoms with Crippen molar-refractivity contribution in [1.82, 2.24) is 4.98 Å². The van der Waals surface area contributed by atoms with Gasteiger partial charge in [0.25, 0.3) is 0 Å². The molecule has 0 spiro atoms. The summed E-state index contributed by atoms with van der Waals surface area (Å²) in [5.41, 5.74) is 9.41. The van der Waals surface area contributed by atoms with E-state index in [9.17, 15) is 0 Å². The first-order chi connectivity index (χ1) is 11.2. The van der Waals surface area contributed by atoms with Crippen molar-refractivity contribution in [3.63, 3.8) is 0 Å². The molecule has 3 aromatic rings. The standard InChI is InChI=1S/C18H17ClN2OS/c1-22-15-4-2-3-13(10-15)17-11-23-18(21-17)16(20)9-12-5-7-14(19)8-6-12/h2-8,10-11,16H,9,20H2,1H3. The summed E-state index contributed by atoms with van der Waals surface area (Å²) in [7, 11) is 1.66. The van der Waals surface area contributed by atoms with E-state index in [-0.39, 0.29) is 6.04 Å². The maximum Gasteiger partial charge on any atom is 0.119 e. The number of hydrogen-bond acceptors (Lipinski definition) is 4. The van der Waals surface area contributed by atoms with E-state index >= 15 is 0 Å². The number of ether oxygens (including phenoxy) is 1. The van der Waals surface area contributed by atoms with E-state index in [1.807, 2.05) is 53.9 Å². The highest BCUT2D eigenvalue weighted by Gasteiger charge is 2.13. The molecule has 1 unspecified atom stereocenters. The van der Waals surface area contributed by atoms with Crippen LogP contribution in [0, 0.1) is 0 Å². The van der Waals surface area contributed by atoms with Crippen molar-refractivity contribution in [2.24, 2.45) is 5.73 Å². The largest absolute Gasteiger partial charge is 0.497 e. The van der Waals surface area contributed by atoms with Gasteiger partial charge in [-0.2, -0.15) is 0 Å². The number of halogens is 1. The van der Waals surface area contributed by atoms with E-state index in [1.165, 1.54) is 0 Å². The minimum absolute atomic E-state index is 0.125. The second-order valence-electron chi connectivity index (χ2n) is 5.24. The average molecular weight is 345 g/mol. The average Bonchev–Trinajstić information content (AvgIpc) is 3.07. The van der Waals surface area contributed by atoms with E-state index in [4.69, 9.17) is 22.1 Å². The number of aromatic nitrogens is 1. The third kappa shape index (κ3) is 3.91. The molecule has 3 rings (SSSR count). The Bertz CT molecular complexity index is 786. The van der Waals surface area contributed by atoms with Crippen molar-refractivity contribution in [2.75, 3.05) is 7.11 Å². The van der Waals surface area contributed by atoms with Gasteiger partial charge in [-0.3, -0.25) is 0 Å². The number of nitrogens with zero attached hydrogens (tertiary/aromatic N) is 1. The molecule has 0 saturated carbocycles. The van der Waals surface area contributed by atoms with Crippen molar-refractivity contribution in [2.45, 2.75) is 12.5 Å². The zero-order chi connectivity index (χ0) is 16.2. The van der Waals surface area contributed by atoms with Crippen LogP contribution in [0.3, 0.4) is 0 Å². The van der Waals surface area contributed by atoms with Crippen molar-refractivity contribution >= 4 is 22.9 Å². The number of methoxy groups -OCH3 is 1. The van der Waals surface area contributed by atoms with Crippen LogP contribution >= 0.6 is 22.9 Å². The lowest BCUT2D eigenvalue weighted by molar-refractivity contribution is 0.415. The van der Waals surface area contributed by atoms with Gasteiger partial charge in [0.2, 0.25) is 0 Å². The van der Waals surface area contributed by atoms with E-state index in [1.54, 1.807) is 18.4 Å². The van der Waals surface area contributed by atoms with Crippen LogP contribution < -0.4 is 10.5 Å². The van der Waals surface area contributed by atoms with Crippen molar-refractivity contribution in [3.8, 4) is 17.0 Å². The van der Waals surface area contributed by atoms with Crippen LogP contribution in [-0.2, 0) is 6.42 Å².